The second-order valence-electron chi connectivity index (χ2n) is 6.67. The maximum Gasteiger partial charge on any atom is 0.0299 e. The Morgan fingerprint density at radius 3 is 2.76 bits per heavy atom. The van der Waals surface area contributed by atoms with E-state index in [9.17, 15) is 0 Å². The number of hydrogen-bond donors (Lipinski definition) is 1. The molecule has 1 aliphatic carbocycles. The van der Waals surface area contributed by atoms with E-state index in [4.69, 9.17) is 0 Å². The van der Waals surface area contributed by atoms with E-state index >= 15 is 0 Å². The third-order valence-electron chi connectivity index (χ3n) is 4.53. The van der Waals surface area contributed by atoms with Crippen molar-refractivity contribution in [3.05, 3.63) is 21.4 Å². The van der Waals surface area contributed by atoms with Gasteiger partial charge < -0.3 is 10.2 Å². The molecule has 0 radical (unpaired) electrons. The Morgan fingerprint density at radius 1 is 1.29 bits per heavy atom. The van der Waals surface area contributed by atoms with Gasteiger partial charge in [-0.25, -0.2) is 0 Å². The van der Waals surface area contributed by atoms with E-state index in [0.717, 1.165) is 25.6 Å². The summed E-state index contributed by atoms with van der Waals surface area (Å²) < 4.78 is 0. The number of hydrogen-bond acceptors (Lipinski definition) is 3. The summed E-state index contributed by atoms with van der Waals surface area (Å²) in [4.78, 5) is 5.52. The van der Waals surface area contributed by atoms with Gasteiger partial charge in [-0.15, -0.1) is 11.3 Å². The molecule has 0 aliphatic heterocycles. The Balaban J connectivity index is 1.80. The highest BCUT2D eigenvalue weighted by molar-refractivity contribution is 7.12. The lowest BCUT2D eigenvalue weighted by Gasteiger charge is -2.27. The normalized spacial score (nSPS) is 16.8. The molecular formula is C18H32N2S. The van der Waals surface area contributed by atoms with Crippen LogP contribution in [0, 0.1) is 12.8 Å². The van der Waals surface area contributed by atoms with Crippen LogP contribution in [0.3, 0.4) is 0 Å². The monoisotopic (exact) mass is 308 g/mol. The fraction of sp³-hybridized carbons (Fsp3) is 0.778. The quantitative estimate of drug-likeness (QED) is 0.708. The molecule has 1 aromatic rings. The molecule has 120 valence electrons. The largest absolute Gasteiger partial charge is 0.312 e. The fourth-order valence-corrected chi connectivity index (χ4v) is 4.41. The summed E-state index contributed by atoms with van der Waals surface area (Å²) in [6, 6.07) is 2.42. The molecule has 1 aromatic heterocycles. The molecule has 1 heterocycles. The summed E-state index contributed by atoms with van der Waals surface area (Å²) in [5.41, 5.74) is 1.53. The van der Waals surface area contributed by atoms with E-state index in [-0.39, 0.29) is 0 Å². The molecule has 1 N–H and O–H groups in total. The summed E-state index contributed by atoms with van der Waals surface area (Å²) in [5, 5.41) is 3.51. The fourth-order valence-electron chi connectivity index (χ4n) is 3.39. The Bertz CT molecular complexity index is 407. The molecule has 0 amide bonds. The zero-order valence-electron chi connectivity index (χ0n) is 14.1. The van der Waals surface area contributed by atoms with Gasteiger partial charge in [0.1, 0.15) is 0 Å². The first-order valence-electron chi connectivity index (χ1n) is 8.66. The van der Waals surface area contributed by atoms with Gasteiger partial charge in [0.2, 0.25) is 0 Å². The lowest BCUT2D eigenvalue weighted by Crippen LogP contribution is -2.26. The van der Waals surface area contributed by atoms with Crippen LogP contribution in [-0.2, 0) is 13.1 Å². The van der Waals surface area contributed by atoms with E-state index in [0.29, 0.717) is 0 Å². The summed E-state index contributed by atoms with van der Waals surface area (Å²) >= 11 is 1.96. The number of nitrogens with one attached hydrogen (secondary N) is 1. The van der Waals surface area contributed by atoms with Crippen LogP contribution in [0.4, 0.5) is 0 Å². The minimum atomic E-state index is 0.938. The molecule has 0 aromatic carbocycles. The summed E-state index contributed by atoms with van der Waals surface area (Å²) in [6.07, 6.45) is 8.45. The van der Waals surface area contributed by atoms with Crippen LogP contribution in [0.15, 0.2) is 6.07 Å². The van der Waals surface area contributed by atoms with E-state index < -0.39 is 0 Å². The minimum absolute atomic E-state index is 0.938. The van der Waals surface area contributed by atoms with Gasteiger partial charge in [-0.1, -0.05) is 26.2 Å². The van der Waals surface area contributed by atoms with Gasteiger partial charge in [0.25, 0.3) is 0 Å². The first kappa shape index (κ1) is 17.0. The highest BCUT2D eigenvalue weighted by Crippen LogP contribution is 2.26. The van der Waals surface area contributed by atoms with Gasteiger partial charge in [0.05, 0.1) is 0 Å². The van der Waals surface area contributed by atoms with Crippen molar-refractivity contribution in [2.45, 2.75) is 65.5 Å². The topological polar surface area (TPSA) is 15.3 Å². The zero-order chi connectivity index (χ0) is 15.1. The number of aryl methyl sites for hydroxylation is 1. The molecule has 1 saturated carbocycles. The van der Waals surface area contributed by atoms with Crippen molar-refractivity contribution in [3.8, 4) is 0 Å². The van der Waals surface area contributed by atoms with Crippen molar-refractivity contribution >= 4 is 11.3 Å². The predicted octanol–water partition coefficient (Wildman–Crippen LogP) is 4.57. The van der Waals surface area contributed by atoms with E-state index in [1.54, 1.807) is 0 Å². The first-order valence-corrected chi connectivity index (χ1v) is 9.48. The van der Waals surface area contributed by atoms with Gasteiger partial charge in [0, 0.05) is 29.4 Å². The molecule has 0 spiro atoms. The van der Waals surface area contributed by atoms with Crippen LogP contribution < -0.4 is 5.32 Å². The molecule has 0 saturated heterocycles. The van der Waals surface area contributed by atoms with Gasteiger partial charge >= 0.3 is 0 Å². The Labute approximate surface area is 134 Å². The Hall–Kier alpha value is -0.380. The van der Waals surface area contributed by atoms with Crippen LogP contribution in [-0.4, -0.2) is 25.0 Å². The second kappa shape index (κ2) is 8.92. The summed E-state index contributed by atoms with van der Waals surface area (Å²) in [7, 11) is 2.29. The van der Waals surface area contributed by atoms with Crippen molar-refractivity contribution in [3.63, 3.8) is 0 Å². The predicted molar refractivity (Wildman–Crippen MR) is 94.0 cm³/mol. The maximum absolute atomic E-state index is 3.51. The lowest BCUT2D eigenvalue weighted by molar-refractivity contribution is 0.228. The molecule has 3 heteroatoms. The third-order valence-corrected chi connectivity index (χ3v) is 5.63. The third kappa shape index (κ3) is 5.72. The number of thiophene rings is 1. The molecule has 0 atom stereocenters. The summed E-state index contributed by atoms with van der Waals surface area (Å²) in [5.74, 6) is 0.938. The lowest BCUT2D eigenvalue weighted by atomic mass is 9.89. The first-order chi connectivity index (χ1) is 10.2. The smallest absolute Gasteiger partial charge is 0.0299 e. The average molecular weight is 309 g/mol. The van der Waals surface area contributed by atoms with Crippen molar-refractivity contribution < 1.29 is 0 Å². The van der Waals surface area contributed by atoms with Crippen LogP contribution >= 0.6 is 11.3 Å². The van der Waals surface area contributed by atoms with Gasteiger partial charge in [-0.2, -0.15) is 0 Å². The molecule has 2 nitrogen and oxygen atoms in total. The van der Waals surface area contributed by atoms with Crippen LogP contribution in [0.2, 0.25) is 0 Å². The molecule has 1 aliphatic rings. The van der Waals surface area contributed by atoms with Crippen molar-refractivity contribution in [2.75, 3.05) is 20.1 Å². The van der Waals surface area contributed by atoms with Crippen molar-refractivity contribution in [1.82, 2.24) is 10.2 Å². The van der Waals surface area contributed by atoms with Crippen molar-refractivity contribution in [1.29, 1.82) is 0 Å². The number of nitrogens with zero attached hydrogens (tertiary/aromatic N) is 1. The number of rotatable bonds is 8. The van der Waals surface area contributed by atoms with Gasteiger partial charge in [0.15, 0.2) is 0 Å². The average Bonchev–Trinajstić information content (AvgIpc) is 2.80. The second-order valence-corrected chi connectivity index (χ2v) is 8.01. The standard InChI is InChI=1S/C18H32N2S/c1-4-10-19-12-18-11-17(15(2)21-18)14-20(3)13-16-8-6-5-7-9-16/h11,16,19H,4-10,12-14H2,1-3H3. The molecule has 0 bridgehead atoms. The molecule has 2 rings (SSSR count). The summed E-state index contributed by atoms with van der Waals surface area (Å²) in [6.45, 7) is 9.04. The van der Waals surface area contributed by atoms with Crippen LogP contribution in [0.25, 0.3) is 0 Å². The molecule has 0 unspecified atom stereocenters. The highest BCUT2D eigenvalue weighted by Gasteiger charge is 2.16. The Morgan fingerprint density at radius 2 is 2.05 bits per heavy atom. The van der Waals surface area contributed by atoms with E-state index in [1.807, 2.05) is 11.3 Å². The van der Waals surface area contributed by atoms with Gasteiger partial charge in [-0.05, 0) is 57.3 Å². The van der Waals surface area contributed by atoms with Crippen molar-refractivity contribution in [2.24, 2.45) is 5.92 Å². The zero-order valence-corrected chi connectivity index (χ0v) is 14.9. The maximum atomic E-state index is 3.51. The SMILES string of the molecule is CCCNCc1cc(CN(C)CC2CCCCC2)c(C)s1. The molecular weight excluding hydrogens is 276 g/mol. The Kier molecular flexibility index (Phi) is 7.21. The molecule has 1 fully saturated rings. The minimum Gasteiger partial charge on any atom is -0.312 e. The highest BCUT2D eigenvalue weighted by atomic mass is 32.1. The molecule has 21 heavy (non-hydrogen) atoms. The van der Waals surface area contributed by atoms with E-state index in [1.165, 1.54) is 60.4 Å². The van der Waals surface area contributed by atoms with Gasteiger partial charge in [-0.3, -0.25) is 0 Å². The van der Waals surface area contributed by atoms with Crippen LogP contribution in [0.5, 0.6) is 0 Å². The van der Waals surface area contributed by atoms with E-state index in [2.05, 4.69) is 37.2 Å². The van der Waals surface area contributed by atoms with Crippen LogP contribution in [0.1, 0.15) is 60.8 Å².